The number of likely N-dealkylation sites (N-methyl/N-ethyl adjacent to an activating group) is 1. The summed E-state index contributed by atoms with van der Waals surface area (Å²) in [6.45, 7) is 10.8. The molecule has 0 saturated carbocycles. The minimum atomic E-state index is 0.565. The molecule has 1 unspecified atom stereocenters. The highest BCUT2D eigenvalue weighted by Crippen LogP contribution is 2.17. The number of nitrogens with one attached hydrogen (secondary N) is 1. The molecule has 0 spiro atoms. The molecule has 0 amide bonds. The third-order valence-corrected chi connectivity index (χ3v) is 2.70. The lowest BCUT2D eigenvalue weighted by Gasteiger charge is -2.30. The molecule has 12 heavy (non-hydrogen) atoms. The highest BCUT2D eigenvalue weighted by atomic mass is 15.2. The predicted molar refractivity (Wildman–Crippen MR) is 53.0 cm³/mol. The fraction of sp³-hybridized carbons (Fsp3) is 0.800. The molecule has 0 aromatic carbocycles. The predicted octanol–water partition coefficient (Wildman–Crippen LogP) is 1.45. The fourth-order valence-corrected chi connectivity index (χ4v) is 1.61. The van der Waals surface area contributed by atoms with Crippen LogP contribution in [0.3, 0.4) is 0 Å². The molecule has 1 rings (SSSR count). The van der Waals surface area contributed by atoms with E-state index in [0.717, 1.165) is 13.1 Å². The van der Waals surface area contributed by atoms with Crippen molar-refractivity contribution in [2.75, 3.05) is 20.1 Å². The van der Waals surface area contributed by atoms with Crippen LogP contribution in [0.1, 0.15) is 20.3 Å². The van der Waals surface area contributed by atoms with Crippen LogP contribution < -0.4 is 5.32 Å². The second-order valence-electron chi connectivity index (χ2n) is 3.90. The average molecular weight is 168 g/mol. The van der Waals surface area contributed by atoms with E-state index in [-0.39, 0.29) is 0 Å². The van der Waals surface area contributed by atoms with Gasteiger partial charge in [-0.25, -0.2) is 0 Å². The summed E-state index contributed by atoms with van der Waals surface area (Å²) in [5.41, 5.74) is 1.25. The molecule has 0 aliphatic carbocycles. The Balaban J connectivity index is 2.45. The maximum atomic E-state index is 4.10. The maximum Gasteiger partial charge on any atom is 0.0420 e. The number of nitrogens with zero attached hydrogens (tertiary/aromatic N) is 1. The summed E-state index contributed by atoms with van der Waals surface area (Å²) in [5, 5.41) is 3.36. The molecular weight excluding hydrogens is 148 g/mol. The van der Waals surface area contributed by atoms with Crippen LogP contribution in [-0.2, 0) is 0 Å². The normalized spacial score (nSPS) is 23.2. The quantitative estimate of drug-likeness (QED) is 0.686. The summed E-state index contributed by atoms with van der Waals surface area (Å²) >= 11 is 0. The zero-order chi connectivity index (χ0) is 9.14. The van der Waals surface area contributed by atoms with Crippen molar-refractivity contribution in [1.82, 2.24) is 10.2 Å². The van der Waals surface area contributed by atoms with Crippen molar-refractivity contribution >= 4 is 0 Å². The second-order valence-corrected chi connectivity index (χ2v) is 3.90. The number of hydrogen-bond donors (Lipinski definition) is 1. The first-order chi connectivity index (χ1) is 5.63. The lowest BCUT2D eigenvalue weighted by atomic mass is 10.1. The van der Waals surface area contributed by atoms with Crippen LogP contribution >= 0.6 is 0 Å². The highest BCUT2D eigenvalue weighted by Gasteiger charge is 2.20. The average Bonchev–Trinajstić information content (AvgIpc) is 2.53. The van der Waals surface area contributed by atoms with E-state index in [2.05, 4.69) is 37.7 Å². The highest BCUT2D eigenvalue weighted by molar-refractivity contribution is 4.99. The molecule has 0 aromatic heterocycles. The number of hydrogen-bond acceptors (Lipinski definition) is 2. The first kappa shape index (κ1) is 9.59. The van der Waals surface area contributed by atoms with Gasteiger partial charge in [0.25, 0.3) is 0 Å². The van der Waals surface area contributed by atoms with Gasteiger partial charge in [-0.05, 0) is 18.9 Å². The van der Waals surface area contributed by atoms with Crippen molar-refractivity contribution < 1.29 is 0 Å². The second kappa shape index (κ2) is 3.94. The van der Waals surface area contributed by atoms with Gasteiger partial charge in [-0.2, -0.15) is 0 Å². The molecule has 2 heteroatoms. The van der Waals surface area contributed by atoms with Crippen molar-refractivity contribution in [1.29, 1.82) is 0 Å². The van der Waals surface area contributed by atoms with Gasteiger partial charge in [-0.1, -0.05) is 20.4 Å². The third-order valence-electron chi connectivity index (χ3n) is 2.70. The molecule has 1 N–H and O–H groups in total. The largest absolute Gasteiger partial charge is 0.374 e. The van der Waals surface area contributed by atoms with Gasteiger partial charge >= 0.3 is 0 Å². The molecule has 1 atom stereocenters. The van der Waals surface area contributed by atoms with Crippen molar-refractivity contribution in [2.45, 2.75) is 26.3 Å². The zero-order valence-corrected chi connectivity index (χ0v) is 8.43. The van der Waals surface area contributed by atoms with Crippen LogP contribution in [0.25, 0.3) is 0 Å². The van der Waals surface area contributed by atoms with E-state index < -0.39 is 0 Å². The molecule has 0 bridgehead atoms. The Morgan fingerprint density at radius 1 is 1.58 bits per heavy atom. The lowest BCUT2D eigenvalue weighted by molar-refractivity contribution is 0.295. The van der Waals surface area contributed by atoms with Crippen LogP contribution in [0.15, 0.2) is 12.3 Å². The van der Waals surface area contributed by atoms with Crippen molar-refractivity contribution in [3.8, 4) is 0 Å². The van der Waals surface area contributed by atoms with Gasteiger partial charge in [0.1, 0.15) is 0 Å². The zero-order valence-electron chi connectivity index (χ0n) is 8.43. The SMILES string of the molecule is C=C(C(C)C)N(C)C1CCNC1. The van der Waals surface area contributed by atoms with E-state index in [1.54, 1.807) is 0 Å². The molecule has 1 aliphatic rings. The van der Waals surface area contributed by atoms with Gasteiger partial charge in [0, 0.05) is 25.3 Å². The summed E-state index contributed by atoms with van der Waals surface area (Å²) in [5.74, 6) is 0.565. The minimum Gasteiger partial charge on any atom is -0.374 e. The number of allylic oxidation sites excluding steroid dienone is 1. The van der Waals surface area contributed by atoms with Crippen LogP contribution in [-0.4, -0.2) is 31.1 Å². The molecule has 0 radical (unpaired) electrons. The Morgan fingerprint density at radius 3 is 2.67 bits per heavy atom. The van der Waals surface area contributed by atoms with Crippen LogP contribution in [0.5, 0.6) is 0 Å². The summed E-state index contributed by atoms with van der Waals surface area (Å²) in [7, 11) is 2.15. The lowest BCUT2D eigenvalue weighted by Crippen LogP contribution is -2.33. The monoisotopic (exact) mass is 168 g/mol. The van der Waals surface area contributed by atoms with E-state index in [4.69, 9.17) is 0 Å². The Labute approximate surface area is 75.6 Å². The van der Waals surface area contributed by atoms with Gasteiger partial charge in [-0.3, -0.25) is 0 Å². The van der Waals surface area contributed by atoms with Crippen molar-refractivity contribution in [3.05, 3.63) is 12.3 Å². The van der Waals surface area contributed by atoms with Crippen LogP contribution in [0.4, 0.5) is 0 Å². The van der Waals surface area contributed by atoms with Gasteiger partial charge in [-0.15, -0.1) is 0 Å². The van der Waals surface area contributed by atoms with Gasteiger partial charge < -0.3 is 10.2 Å². The summed E-state index contributed by atoms with van der Waals surface area (Å²) in [4.78, 5) is 2.32. The first-order valence-electron chi connectivity index (χ1n) is 4.75. The van der Waals surface area contributed by atoms with E-state index in [1.807, 2.05) is 0 Å². The molecule has 0 aromatic rings. The van der Waals surface area contributed by atoms with Gasteiger partial charge in [0.15, 0.2) is 0 Å². The Hall–Kier alpha value is -0.500. The van der Waals surface area contributed by atoms with E-state index in [9.17, 15) is 0 Å². The smallest absolute Gasteiger partial charge is 0.0420 e. The summed E-state index contributed by atoms with van der Waals surface area (Å²) in [6, 6.07) is 0.667. The Bertz CT molecular complexity index is 157. The molecular formula is C10H20N2. The van der Waals surface area contributed by atoms with Crippen LogP contribution in [0.2, 0.25) is 0 Å². The molecule has 70 valence electrons. The molecule has 1 saturated heterocycles. The van der Waals surface area contributed by atoms with Crippen LogP contribution in [0, 0.1) is 5.92 Å². The van der Waals surface area contributed by atoms with Crippen molar-refractivity contribution in [2.24, 2.45) is 5.92 Å². The molecule has 2 nitrogen and oxygen atoms in total. The minimum absolute atomic E-state index is 0.565. The number of rotatable bonds is 3. The van der Waals surface area contributed by atoms with E-state index in [1.165, 1.54) is 12.1 Å². The molecule has 1 aliphatic heterocycles. The molecule has 1 fully saturated rings. The summed E-state index contributed by atoms with van der Waals surface area (Å²) < 4.78 is 0. The van der Waals surface area contributed by atoms with Gasteiger partial charge in [0.05, 0.1) is 0 Å². The topological polar surface area (TPSA) is 15.3 Å². The standard InChI is InChI=1S/C10H20N2/c1-8(2)9(3)12(4)10-5-6-11-7-10/h8,10-11H,3,5-7H2,1-2,4H3. The van der Waals surface area contributed by atoms with E-state index in [0.29, 0.717) is 12.0 Å². The van der Waals surface area contributed by atoms with Gasteiger partial charge in [0.2, 0.25) is 0 Å². The summed E-state index contributed by atoms with van der Waals surface area (Å²) in [6.07, 6.45) is 1.25. The van der Waals surface area contributed by atoms with E-state index >= 15 is 0 Å². The Kier molecular flexibility index (Phi) is 3.15. The third kappa shape index (κ3) is 2.01. The fourth-order valence-electron chi connectivity index (χ4n) is 1.61. The first-order valence-corrected chi connectivity index (χ1v) is 4.75. The molecule has 1 heterocycles. The Morgan fingerprint density at radius 2 is 2.25 bits per heavy atom. The van der Waals surface area contributed by atoms with Crippen molar-refractivity contribution in [3.63, 3.8) is 0 Å². The maximum absolute atomic E-state index is 4.10.